The number of carbonyl (C=O) groups excluding carboxylic acids is 1. The van der Waals surface area contributed by atoms with Gasteiger partial charge in [0.05, 0.1) is 17.0 Å². The number of nitrogens with zero attached hydrogens (tertiary/aromatic N) is 1. The highest BCUT2D eigenvalue weighted by atomic mass is 16.5. The van der Waals surface area contributed by atoms with E-state index in [0.29, 0.717) is 24.4 Å². The Kier molecular flexibility index (Phi) is 5.39. The van der Waals surface area contributed by atoms with Crippen LogP contribution in [0.15, 0.2) is 18.2 Å². The van der Waals surface area contributed by atoms with Gasteiger partial charge in [-0.15, -0.1) is 0 Å². The van der Waals surface area contributed by atoms with Gasteiger partial charge in [-0.2, -0.15) is 0 Å². The van der Waals surface area contributed by atoms with Crippen LogP contribution in [-0.2, 0) is 4.74 Å². The van der Waals surface area contributed by atoms with E-state index in [1.807, 2.05) is 20.8 Å². The maximum Gasteiger partial charge on any atom is 0.253 e. The zero-order valence-corrected chi connectivity index (χ0v) is 13.0. The average Bonchev–Trinajstić information content (AvgIpc) is 2.36. The zero-order chi connectivity index (χ0) is 15.3. The first kappa shape index (κ1) is 16.3. The summed E-state index contributed by atoms with van der Waals surface area (Å²) in [5, 5.41) is 3.25. The van der Waals surface area contributed by atoms with Crippen molar-refractivity contribution in [2.75, 3.05) is 38.3 Å². The van der Waals surface area contributed by atoms with Crippen molar-refractivity contribution < 1.29 is 9.53 Å². The number of carbonyl (C=O) groups is 1. The highest BCUT2D eigenvalue weighted by Gasteiger charge is 2.18. The summed E-state index contributed by atoms with van der Waals surface area (Å²) in [5.74, 6) is -0.0443. The van der Waals surface area contributed by atoms with Gasteiger partial charge in [0.2, 0.25) is 0 Å². The fourth-order valence-electron chi connectivity index (χ4n) is 1.85. The van der Waals surface area contributed by atoms with Gasteiger partial charge < -0.3 is 20.7 Å². The van der Waals surface area contributed by atoms with Gasteiger partial charge in [0.15, 0.2) is 0 Å². The van der Waals surface area contributed by atoms with Gasteiger partial charge in [0.25, 0.3) is 5.91 Å². The lowest BCUT2D eigenvalue weighted by molar-refractivity contribution is 0.000709. The smallest absolute Gasteiger partial charge is 0.253 e. The minimum absolute atomic E-state index is 0.0443. The zero-order valence-electron chi connectivity index (χ0n) is 13.0. The Balaban J connectivity index is 2.85. The molecule has 0 aliphatic carbocycles. The topological polar surface area (TPSA) is 67.6 Å². The molecule has 0 atom stereocenters. The number of hydrogen-bond acceptors (Lipinski definition) is 4. The van der Waals surface area contributed by atoms with E-state index < -0.39 is 0 Å². The van der Waals surface area contributed by atoms with Crippen molar-refractivity contribution in [3.63, 3.8) is 0 Å². The Morgan fingerprint density at radius 3 is 2.60 bits per heavy atom. The fraction of sp³-hybridized carbons (Fsp3) is 0.533. The Morgan fingerprint density at radius 1 is 1.40 bits per heavy atom. The molecule has 5 heteroatoms. The molecule has 0 saturated carbocycles. The van der Waals surface area contributed by atoms with Crippen LogP contribution in [0.3, 0.4) is 0 Å². The molecule has 1 aromatic carbocycles. The first-order valence-electron chi connectivity index (χ1n) is 6.76. The number of nitrogens with one attached hydrogen (secondary N) is 1. The van der Waals surface area contributed by atoms with E-state index in [9.17, 15) is 4.79 Å². The number of hydrogen-bond donors (Lipinski definition) is 2. The van der Waals surface area contributed by atoms with Crippen molar-refractivity contribution in [3.8, 4) is 0 Å². The van der Waals surface area contributed by atoms with E-state index in [1.54, 1.807) is 37.2 Å². The molecule has 1 aromatic rings. The van der Waals surface area contributed by atoms with Crippen LogP contribution in [0.2, 0.25) is 0 Å². The van der Waals surface area contributed by atoms with E-state index in [4.69, 9.17) is 10.5 Å². The molecule has 0 aliphatic heterocycles. The second-order valence-corrected chi connectivity index (χ2v) is 5.55. The van der Waals surface area contributed by atoms with Crippen molar-refractivity contribution in [1.29, 1.82) is 0 Å². The Morgan fingerprint density at radius 2 is 2.05 bits per heavy atom. The molecular weight excluding hydrogens is 254 g/mol. The first-order valence-corrected chi connectivity index (χ1v) is 6.76. The van der Waals surface area contributed by atoms with Crippen molar-refractivity contribution in [3.05, 3.63) is 23.8 Å². The van der Waals surface area contributed by atoms with E-state index in [-0.39, 0.29) is 11.5 Å². The number of anilines is 2. The van der Waals surface area contributed by atoms with Crippen molar-refractivity contribution in [2.24, 2.45) is 0 Å². The lowest BCUT2D eigenvalue weighted by atomic mass is 10.1. The summed E-state index contributed by atoms with van der Waals surface area (Å²) in [7, 11) is 3.45. The first-order chi connectivity index (χ1) is 9.26. The molecule has 0 radical (unpaired) electrons. The van der Waals surface area contributed by atoms with Crippen LogP contribution in [0.25, 0.3) is 0 Å². The molecule has 0 saturated heterocycles. The molecule has 0 fully saturated rings. The predicted octanol–water partition coefficient (Wildman–Crippen LogP) is 2.20. The van der Waals surface area contributed by atoms with Gasteiger partial charge in [-0.25, -0.2) is 0 Å². The minimum Gasteiger partial charge on any atom is -0.397 e. The van der Waals surface area contributed by atoms with Gasteiger partial charge in [0.1, 0.15) is 0 Å². The third kappa shape index (κ3) is 4.42. The van der Waals surface area contributed by atoms with Crippen LogP contribution in [0.1, 0.15) is 31.1 Å². The van der Waals surface area contributed by atoms with Crippen molar-refractivity contribution >= 4 is 17.3 Å². The molecule has 5 nitrogen and oxygen atoms in total. The predicted molar refractivity (Wildman–Crippen MR) is 83.1 cm³/mol. The molecule has 0 aromatic heterocycles. The number of nitrogen functional groups attached to an aromatic ring is 1. The van der Waals surface area contributed by atoms with E-state index in [1.165, 1.54) is 0 Å². The number of benzene rings is 1. The third-order valence-electron chi connectivity index (χ3n) is 2.95. The van der Waals surface area contributed by atoms with Gasteiger partial charge in [-0.3, -0.25) is 4.79 Å². The second kappa shape index (κ2) is 6.61. The van der Waals surface area contributed by atoms with Crippen LogP contribution >= 0.6 is 0 Å². The fourth-order valence-corrected chi connectivity index (χ4v) is 1.85. The van der Waals surface area contributed by atoms with Crippen LogP contribution in [0.5, 0.6) is 0 Å². The molecule has 0 unspecified atom stereocenters. The normalized spacial score (nSPS) is 11.2. The summed E-state index contributed by atoms with van der Waals surface area (Å²) >= 11 is 0. The van der Waals surface area contributed by atoms with Gasteiger partial charge >= 0.3 is 0 Å². The molecule has 0 aliphatic rings. The minimum atomic E-state index is -0.289. The van der Waals surface area contributed by atoms with Gasteiger partial charge in [-0.05, 0) is 39.0 Å². The Bertz CT molecular complexity index is 470. The summed E-state index contributed by atoms with van der Waals surface area (Å²) in [4.78, 5) is 13.5. The summed E-state index contributed by atoms with van der Waals surface area (Å²) in [6.07, 6.45) is 0. The number of nitrogens with two attached hydrogens (primary N) is 1. The highest BCUT2D eigenvalue weighted by Crippen LogP contribution is 2.22. The molecule has 112 valence electrons. The quantitative estimate of drug-likeness (QED) is 0.783. The van der Waals surface area contributed by atoms with Crippen LogP contribution in [-0.4, -0.2) is 43.7 Å². The number of ether oxygens (including phenoxy) is 1. The molecule has 1 rings (SSSR count). The molecule has 0 spiro atoms. The average molecular weight is 279 g/mol. The van der Waals surface area contributed by atoms with E-state index in [0.717, 1.165) is 5.69 Å². The molecule has 20 heavy (non-hydrogen) atoms. The SMILES string of the molecule is CCOC(C)(C)CNc1cc(C(=O)N(C)C)ccc1N. The third-order valence-corrected chi connectivity index (χ3v) is 2.95. The molecule has 3 N–H and O–H groups in total. The highest BCUT2D eigenvalue weighted by molar-refractivity contribution is 5.95. The molecule has 0 heterocycles. The maximum atomic E-state index is 11.9. The molecule has 1 amide bonds. The number of rotatable bonds is 6. The molecular formula is C15H25N3O2. The summed E-state index contributed by atoms with van der Waals surface area (Å²) < 4.78 is 5.63. The van der Waals surface area contributed by atoms with Crippen LogP contribution in [0, 0.1) is 0 Å². The summed E-state index contributed by atoms with van der Waals surface area (Å²) in [6, 6.07) is 5.25. The second-order valence-electron chi connectivity index (χ2n) is 5.55. The van der Waals surface area contributed by atoms with Gasteiger partial charge in [0, 0.05) is 32.8 Å². The standard InChI is InChI=1S/C15H25N3O2/c1-6-20-15(2,3)10-17-13-9-11(7-8-12(13)16)14(19)18(4)5/h7-9,17H,6,10,16H2,1-5H3. The van der Waals surface area contributed by atoms with E-state index >= 15 is 0 Å². The molecule has 0 bridgehead atoms. The number of amides is 1. The largest absolute Gasteiger partial charge is 0.397 e. The lowest BCUT2D eigenvalue weighted by Crippen LogP contribution is -2.33. The van der Waals surface area contributed by atoms with Crippen molar-refractivity contribution in [2.45, 2.75) is 26.4 Å². The van der Waals surface area contributed by atoms with Crippen LogP contribution in [0.4, 0.5) is 11.4 Å². The lowest BCUT2D eigenvalue weighted by Gasteiger charge is -2.26. The maximum absolute atomic E-state index is 11.9. The Labute approximate surface area is 121 Å². The Hall–Kier alpha value is -1.75. The van der Waals surface area contributed by atoms with Crippen molar-refractivity contribution in [1.82, 2.24) is 4.90 Å². The summed E-state index contributed by atoms with van der Waals surface area (Å²) in [5.41, 5.74) is 7.64. The monoisotopic (exact) mass is 279 g/mol. The van der Waals surface area contributed by atoms with E-state index in [2.05, 4.69) is 5.32 Å². The summed E-state index contributed by atoms with van der Waals surface area (Å²) in [6.45, 7) is 7.25. The van der Waals surface area contributed by atoms with Gasteiger partial charge in [-0.1, -0.05) is 0 Å². The van der Waals surface area contributed by atoms with Crippen LogP contribution < -0.4 is 11.1 Å².